The molecule has 0 aromatic heterocycles. The maximum Gasteiger partial charge on any atom is 0.269 e. The summed E-state index contributed by atoms with van der Waals surface area (Å²) in [6.45, 7) is 1.99. The van der Waals surface area contributed by atoms with Gasteiger partial charge < -0.3 is 14.8 Å². The van der Waals surface area contributed by atoms with Crippen LogP contribution in [0.4, 0.5) is 5.69 Å². The second-order valence-corrected chi connectivity index (χ2v) is 3.86. The Morgan fingerprint density at radius 2 is 1.95 bits per heavy atom. The van der Waals surface area contributed by atoms with Gasteiger partial charge in [-0.2, -0.15) is 10.5 Å². The molecule has 0 atom stereocenters. The molecule has 0 bridgehead atoms. The molecule has 0 saturated carbocycles. The van der Waals surface area contributed by atoms with Crippen LogP contribution in [-0.2, 0) is 9.53 Å². The van der Waals surface area contributed by atoms with E-state index in [4.69, 9.17) is 20.0 Å². The van der Waals surface area contributed by atoms with Crippen molar-refractivity contribution in [3.05, 3.63) is 35.6 Å². The van der Waals surface area contributed by atoms with Crippen LogP contribution in [0.25, 0.3) is 0 Å². The molecule has 0 aliphatic rings. The van der Waals surface area contributed by atoms with Crippen LogP contribution in [0.15, 0.2) is 35.6 Å². The molecule has 6 heteroatoms. The number of carbonyl (C=O) groups is 1. The van der Waals surface area contributed by atoms with E-state index < -0.39 is 5.91 Å². The Morgan fingerprint density at radius 1 is 1.29 bits per heavy atom. The maximum absolute atomic E-state index is 12.1. The number of nitrogens with zero attached hydrogens (tertiary/aromatic N) is 2. The number of ether oxygens (including phenoxy) is 2. The second kappa shape index (κ2) is 8.23. The molecule has 6 nitrogen and oxygen atoms in total. The van der Waals surface area contributed by atoms with Crippen LogP contribution >= 0.6 is 0 Å². The first kappa shape index (κ1) is 16.1. The van der Waals surface area contributed by atoms with Crippen LogP contribution in [0.5, 0.6) is 5.75 Å². The highest BCUT2D eigenvalue weighted by molar-refractivity contribution is 6.07. The number of hydrogen-bond donors (Lipinski definition) is 1. The van der Waals surface area contributed by atoms with Gasteiger partial charge in [0.05, 0.1) is 26.2 Å². The molecular formula is C15H15N3O3. The first-order valence-corrected chi connectivity index (χ1v) is 6.24. The van der Waals surface area contributed by atoms with Crippen molar-refractivity contribution in [2.45, 2.75) is 13.3 Å². The van der Waals surface area contributed by atoms with Crippen LogP contribution in [0, 0.1) is 22.7 Å². The van der Waals surface area contributed by atoms with Crippen molar-refractivity contribution < 1.29 is 14.3 Å². The van der Waals surface area contributed by atoms with Gasteiger partial charge in [-0.15, -0.1) is 0 Å². The summed E-state index contributed by atoms with van der Waals surface area (Å²) in [5, 5.41) is 20.4. The molecule has 0 heterocycles. The molecule has 0 unspecified atom stereocenters. The number of methoxy groups -OCH3 is 1. The topological polar surface area (TPSA) is 95.1 Å². The normalized spacial score (nSPS) is 10.7. The number of allylic oxidation sites excluding steroid dienone is 1. The number of anilines is 1. The molecule has 1 N–H and O–H groups in total. The van der Waals surface area contributed by atoms with Gasteiger partial charge in [-0.05, 0) is 31.2 Å². The van der Waals surface area contributed by atoms with E-state index in [1.54, 1.807) is 44.4 Å². The zero-order valence-corrected chi connectivity index (χ0v) is 11.8. The standard InChI is InChI=1S/C15H15N3O3/c1-3-21-14(8-9-16)13(10-17)15(19)18-11-4-6-12(20-2)7-5-11/h4-7H,3,8H2,1-2H3,(H,18,19)/b14-13-. The molecule has 1 aromatic rings. The van der Waals surface area contributed by atoms with E-state index in [0.717, 1.165) is 0 Å². The summed E-state index contributed by atoms with van der Waals surface area (Å²) in [6.07, 6.45) is -0.132. The summed E-state index contributed by atoms with van der Waals surface area (Å²) in [6, 6.07) is 10.3. The Morgan fingerprint density at radius 3 is 2.43 bits per heavy atom. The fourth-order valence-electron chi connectivity index (χ4n) is 1.57. The van der Waals surface area contributed by atoms with Crippen LogP contribution in [0.1, 0.15) is 13.3 Å². The van der Waals surface area contributed by atoms with Gasteiger partial charge in [-0.25, -0.2) is 0 Å². The molecule has 0 radical (unpaired) electrons. The minimum absolute atomic E-state index is 0.0773. The Labute approximate surface area is 123 Å². The van der Waals surface area contributed by atoms with Crippen molar-refractivity contribution in [1.29, 1.82) is 10.5 Å². The number of hydrogen-bond acceptors (Lipinski definition) is 5. The lowest BCUT2D eigenvalue weighted by molar-refractivity contribution is -0.112. The first-order chi connectivity index (χ1) is 10.2. The van der Waals surface area contributed by atoms with Gasteiger partial charge in [0, 0.05) is 5.69 Å². The van der Waals surface area contributed by atoms with Crippen LogP contribution in [0.2, 0.25) is 0 Å². The van der Waals surface area contributed by atoms with Crippen molar-refractivity contribution in [2.24, 2.45) is 0 Å². The fourth-order valence-corrected chi connectivity index (χ4v) is 1.57. The SMILES string of the molecule is CCO/C(CC#N)=C(/C#N)C(=O)Nc1ccc(OC)cc1. The maximum atomic E-state index is 12.1. The Hall–Kier alpha value is -2.99. The third kappa shape index (κ3) is 4.55. The zero-order valence-electron chi connectivity index (χ0n) is 11.8. The second-order valence-electron chi connectivity index (χ2n) is 3.86. The quantitative estimate of drug-likeness (QED) is 0.492. The van der Waals surface area contributed by atoms with E-state index in [0.29, 0.717) is 11.4 Å². The first-order valence-electron chi connectivity index (χ1n) is 6.24. The van der Waals surface area contributed by atoms with Gasteiger partial charge in [-0.1, -0.05) is 0 Å². The van der Waals surface area contributed by atoms with E-state index in [2.05, 4.69) is 5.32 Å². The minimum Gasteiger partial charge on any atom is -0.497 e. The highest BCUT2D eigenvalue weighted by atomic mass is 16.5. The third-order valence-electron chi connectivity index (χ3n) is 2.52. The highest BCUT2D eigenvalue weighted by Gasteiger charge is 2.17. The summed E-state index contributed by atoms with van der Waals surface area (Å²) in [5.41, 5.74) is 0.315. The van der Waals surface area contributed by atoms with E-state index >= 15 is 0 Å². The van der Waals surface area contributed by atoms with Gasteiger partial charge in [0.1, 0.15) is 17.6 Å². The summed E-state index contributed by atoms with van der Waals surface area (Å²) < 4.78 is 10.2. The number of nitrogens with one attached hydrogen (secondary N) is 1. The van der Waals surface area contributed by atoms with Crippen molar-refractivity contribution in [3.8, 4) is 17.9 Å². The number of nitriles is 2. The Bertz CT molecular complexity index is 607. The van der Waals surface area contributed by atoms with E-state index in [9.17, 15) is 4.79 Å². The van der Waals surface area contributed by atoms with Gasteiger partial charge in [-0.3, -0.25) is 4.79 Å². The predicted octanol–water partition coefficient (Wildman–Crippen LogP) is 2.36. The Balaban J connectivity index is 2.95. The number of amides is 1. The molecule has 0 aliphatic carbocycles. The lowest BCUT2D eigenvalue weighted by Crippen LogP contribution is -2.16. The number of carbonyl (C=O) groups excluding carboxylic acids is 1. The summed E-state index contributed by atoms with van der Waals surface area (Å²) in [4.78, 5) is 12.1. The fraction of sp³-hybridized carbons (Fsp3) is 0.267. The van der Waals surface area contributed by atoms with Crippen LogP contribution in [-0.4, -0.2) is 19.6 Å². The molecule has 1 amide bonds. The molecule has 0 fully saturated rings. The van der Waals surface area contributed by atoms with Crippen molar-refractivity contribution >= 4 is 11.6 Å². The molecule has 0 aliphatic heterocycles. The predicted molar refractivity (Wildman–Crippen MR) is 76.1 cm³/mol. The van der Waals surface area contributed by atoms with Gasteiger partial charge in [0.25, 0.3) is 5.91 Å². The molecule has 0 spiro atoms. The summed E-state index contributed by atoms with van der Waals surface area (Å²) >= 11 is 0. The molecular weight excluding hydrogens is 270 g/mol. The molecule has 21 heavy (non-hydrogen) atoms. The van der Waals surface area contributed by atoms with Crippen molar-refractivity contribution in [3.63, 3.8) is 0 Å². The number of rotatable bonds is 6. The molecule has 0 saturated heterocycles. The van der Waals surface area contributed by atoms with Gasteiger partial charge in [0.15, 0.2) is 5.57 Å². The average molecular weight is 285 g/mol. The largest absolute Gasteiger partial charge is 0.497 e. The van der Waals surface area contributed by atoms with Gasteiger partial charge >= 0.3 is 0 Å². The van der Waals surface area contributed by atoms with E-state index in [-0.39, 0.29) is 24.4 Å². The Kier molecular flexibility index (Phi) is 6.30. The average Bonchev–Trinajstić information content (AvgIpc) is 2.49. The highest BCUT2D eigenvalue weighted by Crippen LogP contribution is 2.17. The summed E-state index contributed by atoms with van der Waals surface area (Å²) in [7, 11) is 1.54. The molecule has 1 aromatic carbocycles. The van der Waals surface area contributed by atoms with Crippen molar-refractivity contribution in [2.75, 3.05) is 19.0 Å². The lowest BCUT2D eigenvalue weighted by atomic mass is 10.2. The third-order valence-corrected chi connectivity index (χ3v) is 2.52. The molecule has 1 rings (SSSR count). The van der Waals surface area contributed by atoms with Crippen LogP contribution in [0.3, 0.4) is 0 Å². The smallest absolute Gasteiger partial charge is 0.269 e. The van der Waals surface area contributed by atoms with E-state index in [1.807, 2.05) is 6.07 Å². The number of benzene rings is 1. The molecule has 108 valence electrons. The zero-order chi connectivity index (χ0) is 15.7. The lowest BCUT2D eigenvalue weighted by Gasteiger charge is -2.09. The van der Waals surface area contributed by atoms with E-state index in [1.165, 1.54) is 0 Å². The van der Waals surface area contributed by atoms with Gasteiger partial charge in [0.2, 0.25) is 0 Å². The minimum atomic E-state index is -0.610. The van der Waals surface area contributed by atoms with Crippen LogP contribution < -0.4 is 10.1 Å². The van der Waals surface area contributed by atoms with Crippen molar-refractivity contribution in [1.82, 2.24) is 0 Å². The monoisotopic (exact) mass is 285 g/mol. The summed E-state index contributed by atoms with van der Waals surface area (Å²) in [5.74, 6) is 0.124.